The Bertz CT molecular complexity index is 1250. The summed E-state index contributed by atoms with van der Waals surface area (Å²) in [5.41, 5.74) is 7.09. The third-order valence-corrected chi connectivity index (χ3v) is 5.66. The van der Waals surface area contributed by atoms with Gasteiger partial charge in [-0.15, -0.1) is 0 Å². The number of ether oxygens (including phenoxy) is 1. The third-order valence-electron chi connectivity index (χ3n) is 5.66. The first-order chi connectivity index (χ1) is 17.1. The van der Waals surface area contributed by atoms with E-state index in [1.807, 2.05) is 0 Å². The summed E-state index contributed by atoms with van der Waals surface area (Å²) in [4.78, 5) is 40.4. The Morgan fingerprint density at radius 3 is 2.69 bits per heavy atom. The fourth-order valence-electron chi connectivity index (χ4n) is 3.42. The Hall–Kier alpha value is -4.09. The number of carbonyl (C=O) groups excluding carboxylic acids is 3. The number of rotatable bonds is 12. The first-order valence-electron chi connectivity index (χ1n) is 11.4. The number of anilines is 1. The zero-order valence-electron chi connectivity index (χ0n) is 20.0. The van der Waals surface area contributed by atoms with Crippen LogP contribution in [0.1, 0.15) is 59.7 Å². The molecule has 1 unspecified atom stereocenters. The smallest absolute Gasteiger partial charge is 0.298 e. The molecular weight excluding hydrogens is 474 g/mol. The Morgan fingerprint density at radius 2 is 2.00 bits per heavy atom. The van der Waals surface area contributed by atoms with Crippen molar-refractivity contribution in [3.8, 4) is 5.75 Å². The molecule has 0 fully saturated rings. The molecule has 0 radical (unpaired) electrons. The molecule has 0 aliphatic carbocycles. The molecule has 36 heavy (non-hydrogen) atoms. The van der Waals surface area contributed by atoms with Gasteiger partial charge < -0.3 is 21.1 Å². The lowest BCUT2D eigenvalue weighted by Gasteiger charge is -2.18. The van der Waals surface area contributed by atoms with Gasteiger partial charge in [0.15, 0.2) is 11.4 Å². The molecule has 0 bridgehead atoms. The molecule has 0 saturated carbocycles. The molecule has 2 heterocycles. The second-order valence-electron chi connectivity index (χ2n) is 8.46. The highest BCUT2D eigenvalue weighted by Gasteiger charge is 2.26. The van der Waals surface area contributed by atoms with Crippen molar-refractivity contribution >= 4 is 29.6 Å². The van der Waals surface area contributed by atoms with Gasteiger partial charge in [0.1, 0.15) is 11.4 Å². The van der Waals surface area contributed by atoms with Crippen LogP contribution in [-0.4, -0.2) is 45.4 Å². The van der Waals surface area contributed by atoms with E-state index in [9.17, 15) is 23.2 Å². The van der Waals surface area contributed by atoms with Crippen LogP contribution in [0.2, 0.25) is 0 Å². The van der Waals surface area contributed by atoms with E-state index in [1.165, 1.54) is 29.8 Å². The largest absolute Gasteiger partial charge is 0.427 e. The van der Waals surface area contributed by atoms with Gasteiger partial charge in [0.05, 0.1) is 11.9 Å². The van der Waals surface area contributed by atoms with Crippen LogP contribution in [-0.2, 0) is 11.3 Å². The van der Waals surface area contributed by atoms with Gasteiger partial charge >= 0.3 is 0 Å². The Labute approximate surface area is 206 Å². The minimum Gasteiger partial charge on any atom is -0.427 e. The predicted molar refractivity (Wildman–Crippen MR) is 128 cm³/mol. The summed E-state index contributed by atoms with van der Waals surface area (Å²) in [6, 6.07) is 7.57. The van der Waals surface area contributed by atoms with E-state index < -0.39 is 17.7 Å². The predicted octanol–water partition coefficient (Wildman–Crippen LogP) is 2.97. The van der Waals surface area contributed by atoms with E-state index in [0.717, 1.165) is 0 Å². The van der Waals surface area contributed by atoms with E-state index >= 15 is 0 Å². The fourth-order valence-corrected chi connectivity index (χ4v) is 3.42. The number of nitrogen functional groups attached to an aromatic ring is 1. The van der Waals surface area contributed by atoms with E-state index in [1.54, 1.807) is 25.1 Å². The number of nitrogens with two attached hydrogens (primary N) is 1. The summed E-state index contributed by atoms with van der Waals surface area (Å²) in [6.07, 6.45) is 1.23. The van der Waals surface area contributed by atoms with Gasteiger partial charge in [-0.2, -0.15) is 5.10 Å². The number of carbonyl (C=O) groups is 3. The number of hydrogen-bond donors (Lipinski definition) is 3. The lowest BCUT2D eigenvalue weighted by atomic mass is 10.0. The standard InChI is InChI=1S/C24H28F2N6O4/c1-3-24(25,26)8-6-15(2)12-28-23(35)19-11-18(31-21-7-9-30-32(19)21)22(34)29-13-16-4-5-20(36-14-33)17(27)10-16/h4-5,7,9-11,14-15H,3,6,8,12-13,27H2,1-2H3,(H,28,35)(H,29,34). The summed E-state index contributed by atoms with van der Waals surface area (Å²) in [5, 5.41) is 9.52. The van der Waals surface area contributed by atoms with Gasteiger partial charge in [-0.25, -0.2) is 18.3 Å². The summed E-state index contributed by atoms with van der Waals surface area (Å²) < 4.78 is 33.1. The first kappa shape index (κ1) is 26.5. The fraction of sp³-hybridized carbons (Fsp3) is 0.375. The second kappa shape index (κ2) is 11.6. The van der Waals surface area contributed by atoms with Crippen molar-refractivity contribution in [3.05, 3.63) is 53.5 Å². The van der Waals surface area contributed by atoms with Gasteiger partial charge in [-0.1, -0.05) is 19.9 Å². The van der Waals surface area contributed by atoms with Gasteiger partial charge in [-0.3, -0.25) is 14.4 Å². The average Bonchev–Trinajstić information content (AvgIpc) is 3.34. The molecule has 0 spiro atoms. The molecule has 12 heteroatoms. The number of nitrogens with zero attached hydrogens (tertiary/aromatic N) is 3. The highest BCUT2D eigenvalue weighted by atomic mass is 19.3. The molecule has 3 aromatic rings. The van der Waals surface area contributed by atoms with Crippen LogP contribution in [0.5, 0.6) is 5.75 Å². The topological polar surface area (TPSA) is 141 Å². The van der Waals surface area contributed by atoms with E-state index in [-0.39, 0.29) is 67.6 Å². The van der Waals surface area contributed by atoms with E-state index in [4.69, 9.17) is 10.5 Å². The zero-order valence-corrected chi connectivity index (χ0v) is 20.0. The molecule has 2 amide bonds. The maximum atomic E-state index is 13.5. The molecular formula is C24H28F2N6O4. The molecule has 10 nitrogen and oxygen atoms in total. The minimum absolute atomic E-state index is 0.00216. The van der Waals surface area contributed by atoms with Crippen LogP contribution in [0.25, 0.3) is 5.65 Å². The van der Waals surface area contributed by atoms with Crippen LogP contribution in [0.4, 0.5) is 14.5 Å². The van der Waals surface area contributed by atoms with Crippen molar-refractivity contribution in [3.63, 3.8) is 0 Å². The number of nitrogens with one attached hydrogen (secondary N) is 2. The number of amides is 2. The van der Waals surface area contributed by atoms with E-state index in [0.29, 0.717) is 11.2 Å². The van der Waals surface area contributed by atoms with Crippen LogP contribution in [0.3, 0.4) is 0 Å². The van der Waals surface area contributed by atoms with Gasteiger partial charge in [0, 0.05) is 38.1 Å². The minimum atomic E-state index is -2.72. The molecule has 0 aliphatic heterocycles. The molecule has 2 aromatic heterocycles. The van der Waals surface area contributed by atoms with Crippen LogP contribution in [0.15, 0.2) is 36.5 Å². The SMILES string of the molecule is CCC(F)(F)CCC(C)CNC(=O)c1cc(C(=O)NCc2ccc(OC=O)c(N)c2)nc2ccnn12. The first-order valence-corrected chi connectivity index (χ1v) is 11.4. The molecule has 0 saturated heterocycles. The van der Waals surface area contributed by atoms with Crippen molar-refractivity contribution in [1.29, 1.82) is 0 Å². The molecule has 0 aliphatic rings. The van der Waals surface area contributed by atoms with Crippen LogP contribution < -0.4 is 21.1 Å². The molecule has 192 valence electrons. The van der Waals surface area contributed by atoms with Crippen LogP contribution >= 0.6 is 0 Å². The molecule has 4 N–H and O–H groups in total. The molecule has 1 aromatic carbocycles. The van der Waals surface area contributed by atoms with Gasteiger partial charge in [0.2, 0.25) is 5.92 Å². The zero-order chi connectivity index (χ0) is 26.3. The summed E-state index contributed by atoms with van der Waals surface area (Å²) in [5.74, 6) is -3.72. The van der Waals surface area contributed by atoms with Gasteiger partial charge in [0.25, 0.3) is 18.3 Å². The van der Waals surface area contributed by atoms with Crippen molar-refractivity contribution < 1.29 is 27.9 Å². The Kier molecular flexibility index (Phi) is 8.51. The maximum Gasteiger partial charge on any atom is 0.298 e. The van der Waals surface area contributed by atoms with Crippen molar-refractivity contribution in [2.24, 2.45) is 5.92 Å². The molecule has 3 rings (SSSR count). The van der Waals surface area contributed by atoms with Crippen molar-refractivity contribution in [1.82, 2.24) is 25.2 Å². The van der Waals surface area contributed by atoms with E-state index in [2.05, 4.69) is 20.7 Å². The summed E-state index contributed by atoms with van der Waals surface area (Å²) >= 11 is 0. The lowest BCUT2D eigenvalue weighted by molar-refractivity contribution is -0.120. The normalized spacial score (nSPS) is 12.2. The number of hydrogen-bond acceptors (Lipinski definition) is 7. The average molecular weight is 503 g/mol. The summed E-state index contributed by atoms with van der Waals surface area (Å²) in [7, 11) is 0. The third kappa shape index (κ3) is 6.74. The number of aromatic nitrogens is 3. The Morgan fingerprint density at radius 1 is 1.22 bits per heavy atom. The highest BCUT2D eigenvalue weighted by Crippen LogP contribution is 2.26. The van der Waals surface area contributed by atoms with Gasteiger partial charge in [-0.05, 0) is 30.0 Å². The summed E-state index contributed by atoms with van der Waals surface area (Å²) in [6.45, 7) is 3.79. The monoisotopic (exact) mass is 502 g/mol. The number of halogens is 2. The lowest BCUT2D eigenvalue weighted by Crippen LogP contribution is -2.31. The number of benzene rings is 1. The van der Waals surface area contributed by atoms with Crippen molar-refractivity contribution in [2.75, 3.05) is 12.3 Å². The maximum absolute atomic E-state index is 13.5. The second-order valence-corrected chi connectivity index (χ2v) is 8.46. The highest BCUT2D eigenvalue weighted by molar-refractivity contribution is 5.98. The van der Waals surface area contributed by atoms with Crippen molar-refractivity contribution in [2.45, 2.75) is 45.6 Å². The molecule has 1 atom stereocenters. The quantitative estimate of drug-likeness (QED) is 0.255. The number of fused-ring (bicyclic) bond motifs is 1. The Balaban J connectivity index is 1.67. The van der Waals surface area contributed by atoms with Crippen LogP contribution in [0, 0.1) is 5.92 Å². The number of alkyl halides is 2.